The molecule has 0 aromatic heterocycles. The summed E-state index contributed by atoms with van der Waals surface area (Å²) in [5.41, 5.74) is 0.564. The number of hydrogen-bond donors (Lipinski definition) is 2. The van der Waals surface area contributed by atoms with Gasteiger partial charge in [-0.15, -0.1) is 0 Å². The molecule has 0 radical (unpaired) electrons. The normalized spacial score (nSPS) is 26.4. The van der Waals surface area contributed by atoms with E-state index in [0.717, 1.165) is 31.2 Å². The van der Waals surface area contributed by atoms with Crippen LogP contribution >= 0.6 is 0 Å². The number of fused-ring (bicyclic) bond motifs is 1. The molecule has 1 unspecified atom stereocenters. The van der Waals surface area contributed by atoms with Crippen molar-refractivity contribution in [3.63, 3.8) is 0 Å². The van der Waals surface area contributed by atoms with Crippen LogP contribution in [-0.4, -0.2) is 29.9 Å². The highest BCUT2D eigenvalue weighted by molar-refractivity contribution is 5.46. The first-order chi connectivity index (χ1) is 13.1. The third-order valence-corrected chi connectivity index (χ3v) is 6.83. The van der Waals surface area contributed by atoms with Crippen LogP contribution < -0.4 is 9.47 Å². The van der Waals surface area contributed by atoms with Gasteiger partial charge in [-0.1, -0.05) is 38.5 Å². The van der Waals surface area contributed by atoms with E-state index in [1.54, 1.807) is 7.11 Å². The minimum atomic E-state index is -1.67. The fraction of sp³-hybridized carbons (Fsp3) is 0.727. The SMILES string of the molecule is COc1ccc2c(c1)OC(C(O)O)OC2(C1CCCCC1)C1CCCCC1. The molecule has 150 valence electrons. The molecule has 2 saturated carbocycles. The van der Waals surface area contributed by atoms with Crippen molar-refractivity contribution in [1.29, 1.82) is 0 Å². The van der Waals surface area contributed by atoms with Gasteiger partial charge in [0, 0.05) is 11.6 Å². The molecule has 4 rings (SSSR count). The maximum atomic E-state index is 9.93. The van der Waals surface area contributed by atoms with Crippen LogP contribution in [0.25, 0.3) is 0 Å². The monoisotopic (exact) mass is 376 g/mol. The quantitative estimate of drug-likeness (QED) is 0.775. The van der Waals surface area contributed by atoms with Crippen molar-refractivity contribution < 1.29 is 24.4 Å². The highest BCUT2D eigenvalue weighted by Crippen LogP contribution is 2.56. The summed E-state index contributed by atoms with van der Waals surface area (Å²) in [5, 5.41) is 19.9. The van der Waals surface area contributed by atoms with Gasteiger partial charge in [0.15, 0.2) is 0 Å². The summed E-state index contributed by atoms with van der Waals surface area (Å²) in [7, 11) is 1.63. The third kappa shape index (κ3) is 3.45. The topological polar surface area (TPSA) is 68.2 Å². The first-order valence-electron chi connectivity index (χ1n) is 10.5. The van der Waals surface area contributed by atoms with Gasteiger partial charge in [-0.2, -0.15) is 0 Å². The second kappa shape index (κ2) is 7.98. The summed E-state index contributed by atoms with van der Waals surface area (Å²) >= 11 is 0. The van der Waals surface area contributed by atoms with Gasteiger partial charge in [-0.3, -0.25) is 0 Å². The highest BCUT2D eigenvalue weighted by Gasteiger charge is 2.54. The minimum Gasteiger partial charge on any atom is -0.497 e. The number of ether oxygens (including phenoxy) is 3. The Morgan fingerprint density at radius 2 is 1.56 bits per heavy atom. The molecule has 5 heteroatoms. The second-order valence-electron chi connectivity index (χ2n) is 8.34. The lowest BCUT2D eigenvalue weighted by Gasteiger charge is -2.53. The largest absolute Gasteiger partial charge is 0.497 e. The number of methoxy groups -OCH3 is 1. The molecule has 3 aliphatic rings. The first-order valence-corrected chi connectivity index (χ1v) is 10.5. The Morgan fingerprint density at radius 3 is 2.07 bits per heavy atom. The molecule has 2 N–H and O–H groups in total. The molecule has 1 aromatic carbocycles. The van der Waals surface area contributed by atoms with Crippen molar-refractivity contribution in [1.82, 2.24) is 0 Å². The molecule has 1 aliphatic heterocycles. The lowest BCUT2D eigenvalue weighted by atomic mass is 9.63. The fourth-order valence-electron chi connectivity index (χ4n) is 5.61. The Bertz CT molecular complexity index is 614. The summed E-state index contributed by atoms with van der Waals surface area (Å²) in [4.78, 5) is 0. The standard InChI is InChI=1S/C22H32O5/c1-25-17-12-13-18-19(14-17)26-21(20(23)24)27-22(18,15-8-4-2-5-9-15)16-10-6-3-7-11-16/h12-16,20-21,23-24H,2-11H2,1H3. The molecule has 5 nitrogen and oxygen atoms in total. The predicted molar refractivity (Wildman–Crippen MR) is 102 cm³/mol. The fourth-order valence-corrected chi connectivity index (χ4v) is 5.61. The maximum absolute atomic E-state index is 9.93. The highest BCUT2D eigenvalue weighted by atomic mass is 16.7. The van der Waals surface area contributed by atoms with E-state index in [4.69, 9.17) is 14.2 Å². The summed E-state index contributed by atoms with van der Waals surface area (Å²) in [6.45, 7) is 0. The lowest BCUT2D eigenvalue weighted by Crippen LogP contribution is -2.54. The van der Waals surface area contributed by atoms with Gasteiger partial charge < -0.3 is 24.4 Å². The maximum Gasteiger partial charge on any atom is 0.252 e. The third-order valence-electron chi connectivity index (χ3n) is 6.83. The van der Waals surface area contributed by atoms with Crippen molar-refractivity contribution in [3.05, 3.63) is 23.8 Å². The zero-order valence-electron chi connectivity index (χ0n) is 16.2. The number of benzene rings is 1. The van der Waals surface area contributed by atoms with Gasteiger partial charge in [0.2, 0.25) is 6.29 Å². The molecule has 2 aliphatic carbocycles. The second-order valence-corrected chi connectivity index (χ2v) is 8.34. The number of hydrogen-bond acceptors (Lipinski definition) is 5. The molecule has 0 saturated heterocycles. The van der Waals surface area contributed by atoms with Crippen molar-refractivity contribution in [2.24, 2.45) is 11.8 Å². The summed E-state index contributed by atoms with van der Waals surface area (Å²) in [6, 6.07) is 5.92. The lowest BCUT2D eigenvalue weighted by molar-refractivity contribution is -0.307. The Labute approximate surface area is 161 Å². The van der Waals surface area contributed by atoms with E-state index < -0.39 is 18.2 Å². The summed E-state index contributed by atoms with van der Waals surface area (Å²) < 4.78 is 17.8. The van der Waals surface area contributed by atoms with E-state index in [9.17, 15) is 10.2 Å². The van der Waals surface area contributed by atoms with Crippen LogP contribution in [0.5, 0.6) is 11.5 Å². The molecular formula is C22H32O5. The molecule has 1 heterocycles. The number of aliphatic hydroxyl groups excluding tert-OH is 1. The Kier molecular flexibility index (Phi) is 5.62. The van der Waals surface area contributed by atoms with Crippen LogP contribution in [0.1, 0.15) is 69.8 Å². The van der Waals surface area contributed by atoms with Gasteiger partial charge in [0.25, 0.3) is 6.29 Å². The van der Waals surface area contributed by atoms with Gasteiger partial charge in [0.05, 0.1) is 7.11 Å². The molecule has 27 heavy (non-hydrogen) atoms. The zero-order chi connectivity index (χ0) is 18.9. The van der Waals surface area contributed by atoms with Crippen LogP contribution in [0.15, 0.2) is 18.2 Å². The van der Waals surface area contributed by atoms with E-state index >= 15 is 0 Å². The van der Waals surface area contributed by atoms with Crippen molar-refractivity contribution in [2.75, 3.05) is 7.11 Å². The average molecular weight is 376 g/mol. The van der Waals surface area contributed by atoms with Gasteiger partial charge in [0.1, 0.15) is 17.1 Å². The zero-order valence-corrected chi connectivity index (χ0v) is 16.2. The summed E-state index contributed by atoms with van der Waals surface area (Å²) in [6.07, 6.45) is 9.14. The predicted octanol–water partition coefficient (Wildman–Crippen LogP) is 4.10. The molecule has 0 amide bonds. The van der Waals surface area contributed by atoms with Crippen LogP contribution in [0.2, 0.25) is 0 Å². The Hall–Kier alpha value is -1.30. The minimum absolute atomic E-state index is 0.381. The summed E-state index contributed by atoms with van der Waals surface area (Å²) in [5.74, 6) is 2.15. The van der Waals surface area contributed by atoms with Gasteiger partial charge in [-0.05, 0) is 49.7 Å². The van der Waals surface area contributed by atoms with E-state index in [1.165, 1.54) is 38.5 Å². The molecule has 2 fully saturated rings. The van der Waals surface area contributed by atoms with Crippen LogP contribution in [0, 0.1) is 11.8 Å². The van der Waals surface area contributed by atoms with Crippen molar-refractivity contribution in [3.8, 4) is 11.5 Å². The van der Waals surface area contributed by atoms with Crippen molar-refractivity contribution >= 4 is 0 Å². The molecule has 1 aromatic rings. The number of rotatable bonds is 4. The number of aliphatic hydroxyl groups is 2. The molecule has 0 spiro atoms. The van der Waals surface area contributed by atoms with Gasteiger partial charge in [-0.25, -0.2) is 0 Å². The van der Waals surface area contributed by atoms with Crippen LogP contribution in [0.3, 0.4) is 0 Å². The average Bonchev–Trinajstić information content (AvgIpc) is 2.73. The molecule has 0 bridgehead atoms. The van der Waals surface area contributed by atoms with E-state index in [1.807, 2.05) is 12.1 Å². The van der Waals surface area contributed by atoms with Crippen molar-refractivity contribution in [2.45, 2.75) is 82.4 Å². The first kappa shape index (κ1) is 19.0. The molecule has 1 atom stereocenters. The smallest absolute Gasteiger partial charge is 0.252 e. The Balaban J connectivity index is 1.84. The van der Waals surface area contributed by atoms with E-state index in [-0.39, 0.29) is 0 Å². The Morgan fingerprint density at radius 1 is 0.963 bits per heavy atom. The van der Waals surface area contributed by atoms with E-state index in [0.29, 0.717) is 23.3 Å². The van der Waals surface area contributed by atoms with Crippen LogP contribution in [-0.2, 0) is 10.3 Å². The van der Waals surface area contributed by atoms with Gasteiger partial charge >= 0.3 is 0 Å². The molecular weight excluding hydrogens is 344 g/mol. The van der Waals surface area contributed by atoms with Crippen LogP contribution in [0.4, 0.5) is 0 Å². The van der Waals surface area contributed by atoms with E-state index in [2.05, 4.69) is 6.07 Å².